The number of nitrogens with zero attached hydrogens (tertiary/aromatic N) is 2. The van der Waals surface area contributed by atoms with Gasteiger partial charge < -0.3 is 10.2 Å². The molecule has 1 fully saturated rings. The molecule has 2 unspecified atom stereocenters. The van der Waals surface area contributed by atoms with Gasteiger partial charge in [-0.1, -0.05) is 13.8 Å². The van der Waals surface area contributed by atoms with E-state index in [4.69, 9.17) is 0 Å². The van der Waals surface area contributed by atoms with E-state index in [2.05, 4.69) is 10.3 Å². The van der Waals surface area contributed by atoms with Crippen molar-refractivity contribution in [2.75, 3.05) is 0 Å². The van der Waals surface area contributed by atoms with E-state index in [-0.39, 0.29) is 11.8 Å². The first kappa shape index (κ1) is 15.0. The average molecular weight is 295 g/mol. The topological polar surface area (TPSA) is 62.3 Å². The molecule has 1 saturated heterocycles. The largest absolute Gasteiger partial charge is 0.342 e. The van der Waals surface area contributed by atoms with E-state index in [0.717, 1.165) is 10.7 Å². The van der Waals surface area contributed by atoms with Crippen LogP contribution in [0, 0.1) is 6.92 Å². The van der Waals surface area contributed by atoms with Gasteiger partial charge >= 0.3 is 0 Å². The van der Waals surface area contributed by atoms with Crippen molar-refractivity contribution in [1.29, 1.82) is 0 Å². The Labute approximate surface area is 123 Å². The molecule has 1 aromatic rings. The fourth-order valence-electron chi connectivity index (χ4n) is 2.42. The highest BCUT2D eigenvalue weighted by atomic mass is 32.1. The molecule has 2 heterocycles. The molecule has 0 aliphatic carbocycles. The van der Waals surface area contributed by atoms with E-state index in [9.17, 15) is 9.59 Å². The van der Waals surface area contributed by atoms with Gasteiger partial charge in [-0.15, -0.1) is 11.3 Å². The van der Waals surface area contributed by atoms with E-state index < -0.39 is 11.6 Å². The number of nitrogens with one attached hydrogen (secondary N) is 1. The maximum Gasteiger partial charge on any atom is 0.246 e. The van der Waals surface area contributed by atoms with Gasteiger partial charge in [0.25, 0.3) is 0 Å². The SMILES string of the molecule is CCC1NC(=O)C(C)(CC)N(Cc2nc(C)cs2)C1=O. The van der Waals surface area contributed by atoms with Crippen molar-refractivity contribution in [3.63, 3.8) is 0 Å². The third-order valence-corrected chi connectivity index (χ3v) is 4.96. The molecule has 2 rings (SSSR count). The summed E-state index contributed by atoms with van der Waals surface area (Å²) < 4.78 is 0. The monoisotopic (exact) mass is 295 g/mol. The van der Waals surface area contributed by atoms with Crippen molar-refractivity contribution < 1.29 is 9.59 Å². The van der Waals surface area contributed by atoms with E-state index in [1.54, 1.807) is 4.90 Å². The number of hydrogen-bond acceptors (Lipinski definition) is 4. The first-order chi connectivity index (χ1) is 9.42. The third-order valence-electron chi connectivity index (χ3n) is 4.01. The zero-order valence-electron chi connectivity index (χ0n) is 12.4. The molecule has 20 heavy (non-hydrogen) atoms. The number of aromatic nitrogens is 1. The number of hydrogen-bond donors (Lipinski definition) is 1. The minimum atomic E-state index is -0.789. The average Bonchev–Trinajstić information content (AvgIpc) is 2.84. The van der Waals surface area contributed by atoms with Crippen molar-refractivity contribution in [3.05, 3.63) is 16.1 Å². The van der Waals surface area contributed by atoms with E-state index in [1.807, 2.05) is 33.1 Å². The van der Waals surface area contributed by atoms with E-state index in [1.165, 1.54) is 11.3 Å². The lowest BCUT2D eigenvalue weighted by molar-refractivity contribution is -0.157. The van der Waals surface area contributed by atoms with Crippen LogP contribution in [0.4, 0.5) is 0 Å². The van der Waals surface area contributed by atoms with Crippen LogP contribution in [-0.4, -0.2) is 33.3 Å². The van der Waals surface area contributed by atoms with Crippen molar-refractivity contribution in [3.8, 4) is 0 Å². The Bertz CT molecular complexity index is 528. The molecular weight excluding hydrogens is 274 g/mol. The highest BCUT2D eigenvalue weighted by Crippen LogP contribution is 2.28. The molecule has 2 amide bonds. The first-order valence-electron chi connectivity index (χ1n) is 6.95. The molecule has 5 nitrogen and oxygen atoms in total. The van der Waals surface area contributed by atoms with Crippen LogP contribution >= 0.6 is 11.3 Å². The summed E-state index contributed by atoms with van der Waals surface area (Å²) in [5, 5.41) is 5.67. The normalized spacial score (nSPS) is 26.8. The minimum absolute atomic E-state index is 0.00990. The number of rotatable bonds is 4. The van der Waals surface area contributed by atoms with Gasteiger partial charge in [0, 0.05) is 11.1 Å². The fourth-order valence-corrected chi connectivity index (χ4v) is 3.18. The van der Waals surface area contributed by atoms with Gasteiger partial charge in [0.05, 0.1) is 6.54 Å². The lowest BCUT2D eigenvalue weighted by atomic mass is 9.90. The standard InChI is InChI=1S/C14H21N3O2S/c1-5-10-12(18)17(7-11-15-9(3)8-20-11)14(4,6-2)13(19)16-10/h8,10H,5-7H2,1-4H3,(H,16,19). The molecule has 0 spiro atoms. The number of amides is 2. The highest BCUT2D eigenvalue weighted by Gasteiger charge is 2.47. The molecule has 1 aliphatic heterocycles. The van der Waals surface area contributed by atoms with Crippen molar-refractivity contribution in [1.82, 2.24) is 15.2 Å². The lowest BCUT2D eigenvalue weighted by Gasteiger charge is -2.45. The van der Waals surface area contributed by atoms with Crippen LogP contribution in [-0.2, 0) is 16.1 Å². The Morgan fingerprint density at radius 3 is 2.65 bits per heavy atom. The number of carbonyl (C=O) groups excluding carboxylic acids is 2. The Morgan fingerprint density at radius 1 is 1.45 bits per heavy atom. The van der Waals surface area contributed by atoms with E-state index >= 15 is 0 Å². The van der Waals surface area contributed by atoms with Crippen LogP contribution < -0.4 is 5.32 Å². The summed E-state index contributed by atoms with van der Waals surface area (Å²) in [4.78, 5) is 31.0. The number of thiazole rings is 1. The maximum atomic E-state index is 12.6. The van der Waals surface area contributed by atoms with Gasteiger partial charge in [-0.05, 0) is 26.7 Å². The fraction of sp³-hybridized carbons (Fsp3) is 0.643. The molecular formula is C14H21N3O2S. The van der Waals surface area contributed by atoms with Crippen LogP contribution in [0.15, 0.2) is 5.38 Å². The molecule has 1 aliphatic rings. The second kappa shape index (κ2) is 5.52. The predicted octanol–water partition coefficient (Wildman–Crippen LogP) is 1.86. The maximum absolute atomic E-state index is 12.6. The molecule has 0 aromatic carbocycles. The summed E-state index contributed by atoms with van der Waals surface area (Å²) in [5.74, 6) is -0.0796. The first-order valence-corrected chi connectivity index (χ1v) is 7.83. The molecule has 0 saturated carbocycles. The molecule has 1 aromatic heterocycles. The van der Waals surface area contributed by atoms with Crippen molar-refractivity contribution >= 4 is 23.2 Å². The van der Waals surface area contributed by atoms with E-state index in [0.29, 0.717) is 19.4 Å². The van der Waals surface area contributed by atoms with Crippen LogP contribution in [0.3, 0.4) is 0 Å². The van der Waals surface area contributed by atoms with Crippen LogP contribution in [0.1, 0.15) is 44.3 Å². The molecule has 2 atom stereocenters. The molecule has 110 valence electrons. The summed E-state index contributed by atoms with van der Waals surface area (Å²) in [6.45, 7) is 8.00. The summed E-state index contributed by atoms with van der Waals surface area (Å²) >= 11 is 1.53. The minimum Gasteiger partial charge on any atom is -0.342 e. The van der Waals surface area contributed by atoms with Gasteiger partial charge in [-0.2, -0.15) is 0 Å². The second-order valence-corrected chi connectivity index (χ2v) is 6.31. The Hall–Kier alpha value is -1.43. The molecule has 1 N–H and O–H groups in total. The van der Waals surface area contributed by atoms with Gasteiger partial charge in [-0.25, -0.2) is 4.98 Å². The Balaban J connectivity index is 2.32. The Morgan fingerprint density at radius 2 is 2.15 bits per heavy atom. The molecule has 6 heteroatoms. The summed E-state index contributed by atoms with van der Waals surface area (Å²) in [5.41, 5.74) is 0.159. The summed E-state index contributed by atoms with van der Waals surface area (Å²) in [6.07, 6.45) is 1.20. The zero-order valence-corrected chi connectivity index (χ0v) is 13.2. The van der Waals surface area contributed by atoms with Crippen molar-refractivity contribution in [2.24, 2.45) is 0 Å². The highest BCUT2D eigenvalue weighted by molar-refractivity contribution is 7.09. The van der Waals surface area contributed by atoms with Crippen LogP contribution in [0.5, 0.6) is 0 Å². The zero-order chi connectivity index (χ0) is 14.9. The summed E-state index contributed by atoms with van der Waals surface area (Å²) in [6, 6.07) is -0.414. The number of aryl methyl sites for hydroxylation is 1. The number of piperazine rings is 1. The molecule has 0 bridgehead atoms. The number of carbonyl (C=O) groups is 2. The summed E-state index contributed by atoms with van der Waals surface area (Å²) in [7, 11) is 0. The second-order valence-electron chi connectivity index (χ2n) is 5.37. The van der Waals surface area contributed by atoms with Gasteiger partial charge in [0.2, 0.25) is 11.8 Å². The van der Waals surface area contributed by atoms with Gasteiger partial charge in [0.15, 0.2) is 0 Å². The van der Waals surface area contributed by atoms with Gasteiger partial charge in [-0.3, -0.25) is 9.59 Å². The Kier molecular flexibility index (Phi) is 4.13. The smallest absolute Gasteiger partial charge is 0.246 e. The van der Waals surface area contributed by atoms with Gasteiger partial charge in [0.1, 0.15) is 16.6 Å². The third kappa shape index (κ3) is 2.44. The van der Waals surface area contributed by atoms with Crippen molar-refractivity contribution in [2.45, 2.75) is 58.7 Å². The quantitative estimate of drug-likeness (QED) is 0.922. The lowest BCUT2D eigenvalue weighted by Crippen LogP contribution is -2.68. The molecule has 0 radical (unpaired) electrons. The van der Waals surface area contributed by atoms with Crippen LogP contribution in [0.2, 0.25) is 0 Å². The predicted molar refractivity (Wildman–Crippen MR) is 78.3 cm³/mol. The van der Waals surface area contributed by atoms with Crippen LogP contribution in [0.25, 0.3) is 0 Å².